The maximum atomic E-state index is 6.29. The molecule has 0 amide bonds. The first-order chi connectivity index (χ1) is 17.7. The molecule has 0 fully saturated rings. The summed E-state index contributed by atoms with van der Waals surface area (Å²) in [6.07, 6.45) is 0.162. The van der Waals surface area contributed by atoms with Gasteiger partial charge >= 0.3 is 0 Å². The molecule has 0 aliphatic heterocycles. The van der Waals surface area contributed by atoms with E-state index in [0.717, 1.165) is 27.9 Å². The van der Waals surface area contributed by atoms with Gasteiger partial charge in [-0.15, -0.1) is 0 Å². The molecule has 0 aliphatic carbocycles. The Morgan fingerprint density at radius 3 is 1.92 bits per heavy atom. The van der Waals surface area contributed by atoms with Crippen molar-refractivity contribution in [2.24, 2.45) is 0 Å². The first-order valence-corrected chi connectivity index (χ1v) is 12.0. The molecular formula is C31H33NO4. The molecule has 0 heterocycles. The summed E-state index contributed by atoms with van der Waals surface area (Å²) in [4.78, 5) is 0. The molecule has 36 heavy (non-hydrogen) atoms. The van der Waals surface area contributed by atoms with Crippen LogP contribution in [0.3, 0.4) is 0 Å². The highest BCUT2D eigenvalue weighted by molar-refractivity contribution is 5.55. The van der Waals surface area contributed by atoms with Crippen molar-refractivity contribution >= 4 is 5.69 Å². The fraction of sp³-hybridized carbons (Fsp3) is 0.226. The van der Waals surface area contributed by atoms with Gasteiger partial charge in [-0.3, -0.25) is 0 Å². The van der Waals surface area contributed by atoms with E-state index in [1.54, 1.807) is 21.3 Å². The van der Waals surface area contributed by atoms with E-state index in [0.29, 0.717) is 24.5 Å². The van der Waals surface area contributed by atoms with Crippen LogP contribution in [0.25, 0.3) is 0 Å². The zero-order valence-corrected chi connectivity index (χ0v) is 21.0. The molecule has 5 heteroatoms. The summed E-state index contributed by atoms with van der Waals surface area (Å²) in [5.41, 5.74) is 5.35. The maximum absolute atomic E-state index is 6.29. The lowest BCUT2D eigenvalue weighted by Crippen LogP contribution is -2.20. The van der Waals surface area contributed by atoms with Crippen LogP contribution in [0.15, 0.2) is 103 Å². The van der Waals surface area contributed by atoms with Crippen molar-refractivity contribution in [3.63, 3.8) is 0 Å². The summed E-state index contributed by atoms with van der Waals surface area (Å²) in [6, 6.07) is 34.7. The van der Waals surface area contributed by atoms with Crippen LogP contribution in [-0.4, -0.2) is 27.6 Å². The molecule has 4 aromatic carbocycles. The molecule has 5 nitrogen and oxygen atoms in total. The van der Waals surface area contributed by atoms with E-state index < -0.39 is 6.29 Å². The van der Waals surface area contributed by atoms with Gasteiger partial charge in [0.05, 0.1) is 13.2 Å². The average Bonchev–Trinajstić information content (AvgIpc) is 2.95. The van der Waals surface area contributed by atoms with Crippen LogP contribution in [-0.2, 0) is 22.5 Å². The Hall–Kier alpha value is -3.80. The van der Waals surface area contributed by atoms with E-state index in [-0.39, 0.29) is 6.04 Å². The van der Waals surface area contributed by atoms with E-state index in [9.17, 15) is 0 Å². The number of anilines is 1. The van der Waals surface area contributed by atoms with Gasteiger partial charge in [-0.2, -0.15) is 0 Å². The Kier molecular flexibility index (Phi) is 8.98. The molecule has 0 saturated heterocycles. The number of ether oxygens (including phenoxy) is 4. The molecule has 0 aromatic heterocycles. The molecule has 4 rings (SSSR count). The molecule has 0 aliphatic rings. The van der Waals surface area contributed by atoms with Gasteiger partial charge < -0.3 is 24.3 Å². The number of hydrogen-bond donors (Lipinski definition) is 1. The molecule has 1 atom stereocenters. The second-order valence-corrected chi connectivity index (χ2v) is 8.44. The highest BCUT2D eigenvalue weighted by Gasteiger charge is 2.23. The van der Waals surface area contributed by atoms with Crippen LogP contribution in [0.2, 0.25) is 0 Å². The summed E-state index contributed by atoms with van der Waals surface area (Å²) in [5, 5.41) is 3.72. The van der Waals surface area contributed by atoms with Crippen molar-refractivity contribution in [1.29, 1.82) is 0 Å². The van der Waals surface area contributed by atoms with Crippen molar-refractivity contribution < 1.29 is 18.9 Å². The third kappa shape index (κ3) is 6.45. The lowest BCUT2D eigenvalue weighted by atomic mass is 9.91. The van der Waals surface area contributed by atoms with Gasteiger partial charge in [0.25, 0.3) is 0 Å². The summed E-state index contributed by atoms with van der Waals surface area (Å²) >= 11 is 0. The van der Waals surface area contributed by atoms with Gasteiger partial charge in [-0.1, -0.05) is 78.9 Å². The molecule has 0 spiro atoms. The van der Waals surface area contributed by atoms with E-state index in [1.165, 1.54) is 0 Å². The van der Waals surface area contributed by atoms with Crippen molar-refractivity contribution in [1.82, 2.24) is 0 Å². The van der Waals surface area contributed by atoms with Crippen LogP contribution < -0.4 is 14.8 Å². The Labute approximate surface area is 213 Å². The van der Waals surface area contributed by atoms with Gasteiger partial charge in [0.2, 0.25) is 0 Å². The minimum Gasteiger partial charge on any atom is -0.493 e. The summed E-state index contributed by atoms with van der Waals surface area (Å²) in [5.74, 6) is 1.35. The van der Waals surface area contributed by atoms with Gasteiger partial charge in [-0.05, 0) is 46.5 Å². The number of para-hydroxylation sites is 1. The molecule has 0 radical (unpaired) electrons. The molecule has 0 saturated carbocycles. The smallest absolute Gasteiger partial charge is 0.162 e. The maximum Gasteiger partial charge on any atom is 0.162 e. The van der Waals surface area contributed by atoms with Crippen LogP contribution >= 0.6 is 0 Å². The fourth-order valence-corrected chi connectivity index (χ4v) is 4.20. The monoisotopic (exact) mass is 483 g/mol. The molecular weight excluding hydrogens is 450 g/mol. The fourth-order valence-electron chi connectivity index (χ4n) is 4.20. The van der Waals surface area contributed by atoms with Crippen LogP contribution in [0.5, 0.6) is 11.5 Å². The normalized spacial score (nSPS) is 11.8. The second-order valence-electron chi connectivity index (χ2n) is 8.44. The van der Waals surface area contributed by atoms with E-state index in [4.69, 9.17) is 18.9 Å². The predicted molar refractivity (Wildman–Crippen MR) is 144 cm³/mol. The predicted octanol–water partition coefficient (Wildman–Crippen LogP) is 6.64. The standard InChI is InChI=1S/C31H33NO4/c1-33-28-19-25(20-30(34-2)35-3)27(21-29(28)36-22-23-13-7-4-8-14-23)31(24-15-9-5-10-16-24)32-26-17-11-6-12-18-26/h4-19,21,30-32H,20,22H2,1-3H3. The lowest BCUT2D eigenvalue weighted by Gasteiger charge is -2.26. The minimum absolute atomic E-state index is 0.136. The summed E-state index contributed by atoms with van der Waals surface area (Å²) in [7, 11) is 4.97. The SMILES string of the molecule is COc1cc(CC(OC)OC)c(C(Nc2ccccc2)c2ccccc2)cc1OCc1ccccc1. The number of hydrogen-bond acceptors (Lipinski definition) is 5. The molecule has 1 N–H and O–H groups in total. The van der Waals surface area contributed by atoms with Crippen molar-refractivity contribution in [2.45, 2.75) is 25.4 Å². The summed E-state index contributed by atoms with van der Waals surface area (Å²) in [6.45, 7) is 0.441. The number of methoxy groups -OCH3 is 3. The van der Waals surface area contributed by atoms with E-state index in [2.05, 4.69) is 47.8 Å². The van der Waals surface area contributed by atoms with Gasteiger partial charge in [0, 0.05) is 26.3 Å². The number of nitrogens with one attached hydrogen (secondary N) is 1. The third-order valence-electron chi connectivity index (χ3n) is 6.10. The molecule has 4 aromatic rings. The Balaban J connectivity index is 1.80. The van der Waals surface area contributed by atoms with Crippen molar-refractivity contribution in [3.05, 3.63) is 125 Å². The lowest BCUT2D eigenvalue weighted by molar-refractivity contribution is -0.100. The first kappa shape index (κ1) is 25.3. The largest absolute Gasteiger partial charge is 0.493 e. The Morgan fingerprint density at radius 1 is 0.694 bits per heavy atom. The van der Waals surface area contributed by atoms with Gasteiger partial charge in [0.1, 0.15) is 6.61 Å². The van der Waals surface area contributed by atoms with Crippen molar-refractivity contribution in [3.8, 4) is 11.5 Å². The van der Waals surface area contributed by atoms with Crippen molar-refractivity contribution in [2.75, 3.05) is 26.6 Å². The second kappa shape index (κ2) is 12.8. The zero-order chi connectivity index (χ0) is 25.2. The van der Waals surface area contributed by atoms with Crippen LogP contribution in [0.4, 0.5) is 5.69 Å². The van der Waals surface area contributed by atoms with Gasteiger partial charge in [0.15, 0.2) is 17.8 Å². The minimum atomic E-state index is -0.391. The van der Waals surface area contributed by atoms with Gasteiger partial charge in [-0.25, -0.2) is 0 Å². The molecule has 0 bridgehead atoms. The van der Waals surface area contributed by atoms with E-state index >= 15 is 0 Å². The van der Waals surface area contributed by atoms with Crippen LogP contribution in [0, 0.1) is 0 Å². The third-order valence-corrected chi connectivity index (χ3v) is 6.10. The molecule has 1 unspecified atom stereocenters. The average molecular weight is 484 g/mol. The quantitative estimate of drug-likeness (QED) is 0.229. The van der Waals surface area contributed by atoms with E-state index in [1.807, 2.05) is 60.7 Å². The first-order valence-electron chi connectivity index (χ1n) is 12.0. The summed E-state index contributed by atoms with van der Waals surface area (Å²) < 4.78 is 23.2. The van der Waals surface area contributed by atoms with Crippen LogP contribution in [0.1, 0.15) is 28.3 Å². The topological polar surface area (TPSA) is 49.0 Å². The Bertz CT molecular complexity index is 1200. The zero-order valence-electron chi connectivity index (χ0n) is 21.0. The highest BCUT2D eigenvalue weighted by atomic mass is 16.7. The number of benzene rings is 4. The molecule has 186 valence electrons. The highest BCUT2D eigenvalue weighted by Crippen LogP contribution is 2.38. The number of rotatable bonds is 12. The Morgan fingerprint density at radius 2 is 1.31 bits per heavy atom.